The Hall–Kier alpha value is -4.67. The minimum Gasteiger partial charge on any atom is -0.508 e. The van der Waals surface area contributed by atoms with E-state index in [0.717, 1.165) is 5.56 Å². The molecule has 2 unspecified atom stereocenters. The summed E-state index contributed by atoms with van der Waals surface area (Å²) in [6.07, 6.45) is -0.326. The van der Waals surface area contributed by atoms with Crippen molar-refractivity contribution in [2.75, 3.05) is 5.32 Å². The van der Waals surface area contributed by atoms with Gasteiger partial charge in [0.05, 0.1) is 6.42 Å². The van der Waals surface area contributed by atoms with Gasteiger partial charge in [0, 0.05) is 36.0 Å². The Morgan fingerprint density at radius 2 is 1.60 bits per heavy atom. The largest absolute Gasteiger partial charge is 0.508 e. The highest BCUT2D eigenvalue weighted by Gasteiger charge is 2.28. The monoisotopic (exact) mass is 551 g/mol. The van der Waals surface area contributed by atoms with E-state index in [1.165, 1.54) is 24.3 Å². The van der Waals surface area contributed by atoms with Crippen LogP contribution in [0.25, 0.3) is 11.0 Å². The molecule has 2 aromatic carbocycles. The number of anilines is 1. The molecule has 1 aromatic heterocycles. The SMILES string of the molecule is Cc1cc(=O)oc2cc(NC(=O)C(Cc3ccc(O)cc3)NC(=O)C(CC(C)C)NC(=O)CCC(=O)O)ccc12. The number of hydrogen-bond donors (Lipinski definition) is 5. The van der Waals surface area contributed by atoms with Crippen LogP contribution in [-0.2, 0) is 25.6 Å². The van der Waals surface area contributed by atoms with Crippen molar-refractivity contribution in [2.45, 2.75) is 58.5 Å². The van der Waals surface area contributed by atoms with Gasteiger partial charge in [0.1, 0.15) is 23.4 Å². The van der Waals surface area contributed by atoms with E-state index in [1.54, 1.807) is 31.2 Å². The lowest BCUT2D eigenvalue weighted by Crippen LogP contribution is -2.53. The van der Waals surface area contributed by atoms with E-state index in [4.69, 9.17) is 9.52 Å². The number of benzene rings is 2. The lowest BCUT2D eigenvalue weighted by molar-refractivity contribution is -0.139. The van der Waals surface area contributed by atoms with Crippen molar-refractivity contribution in [3.05, 3.63) is 70.1 Å². The van der Waals surface area contributed by atoms with E-state index >= 15 is 0 Å². The molecule has 0 aliphatic carbocycles. The summed E-state index contributed by atoms with van der Waals surface area (Å²) in [6.45, 7) is 5.50. The lowest BCUT2D eigenvalue weighted by Gasteiger charge is -2.24. The van der Waals surface area contributed by atoms with Crippen molar-refractivity contribution in [1.29, 1.82) is 0 Å². The number of rotatable bonds is 12. The van der Waals surface area contributed by atoms with Gasteiger partial charge in [-0.2, -0.15) is 0 Å². The molecule has 0 saturated carbocycles. The van der Waals surface area contributed by atoms with E-state index in [2.05, 4.69) is 16.0 Å². The zero-order chi connectivity index (χ0) is 29.4. The molecule has 2 atom stereocenters. The average molecular weight is 552 g/mol. The van der Waals surface area contributed by atoms with Crippen LogP contribution in [0.2, 0.25) is 0 Å². The molecule has 0 fully saturated rings. The van der Waals surface area contributed by atoms with Crippen molar-refractivity contribution in [3.8, 4) is 5.75 Å². The Morgan fingerprint density at radius 3 is 2.25 bits per heavy atom. The third-order valence-electron chi connectivity index (χ3n) is 6.15. The average Bonchev–Trinajstić information content (AvgIpc) is 2.87. The second-order valence-corrected chi connectivity index (χ2v) is 10.0. The summed E-state index contributed by atoms with van der Waals surface area (Å²) in [5, 5.41) is 27.2. The number of phenolic OH excluding ortho intramolecular Hbond substituents is 1. The first-order valence-electron chi connectivity index (χ1n) is 12.9. The van der Waals surface area contributed by atoms with Crippen LogP contribution in [0, 0.1) is 12.8 Å². The molecule has 0 aliphatic heterocycles. The molecular formula is C29H33N3O8. The molecule has 11 nitrogen and oxygen atoms in total. The molecular weight excluding hydrogens is 518 g/mol. The summed E-state index contributed by atoms with van der Waals surface area (Å²) in [5.74, 6) is -2.82. The number of amides is 3. The second kappa shape index (κ2) is 13.4. The van der Waals surface area contributed by atoms with Gasteiger partial charge >= 0.3 is 11.6 Å². The molecule has 11 heteroatoms. The molecule has 0 spiro atoms. The zero-order valence-corrected chi connectivity index (χ0v) is 22.5. The van der Waals surface area contributed by atoms with Crippen molar-refractivity contribution in [3.63, 3.8) is 0 Å². The number of hydrogen-bond acceptors (Lipinski definition) is 7. The van der Waals surface area contributed by atoms with Crippen LogP contribution in [0.4, 0.5) is 5.69 Å². The number of phenols is 1. The van der Waals surface area contributed by atoms with Gasteiger partial charge in [-0.3, -0.25) is 19.2 Å². The van der Waals surface area contributed by atoms with E-state index in [-0.39, 0.29) is 37.4 Å². The summed E-state index contributed by atoms with van der Waals surface area (Å²) in [4.78, 5) is 61.6. The van der Waals surface area contributed by atoms with Crippen LogP contribution in [0.3, 0.4) is 0 Å². The maximum atomic E-state index is 13.4. The van der Waals surface area contributed by atoms with Crippen LogP contribution in [0.15, 0.2) is 57.7 Å². The molecule has 0 aliphatic rings. The Labute approximate surface area is 230 Å². The maximum absolute atomic E-state index is 13.4. The van der Waals surface area contributed by atoms with Crippen LogP contribution < -0.4 is 21.6 Å². The van der Waals surface area contributed by atoms with E-state index in [0.29, 0.717) is 22.2 Å². The number of nitrogens with one attached hydrogen (secondary N) is 3. The van der Waals surface area contributed by atoms with Gasteiger partial charge in [-0.05, 0) is 54.7 Å². The Kier molecular flexibility index (Phi) is 10.0. The van der Waals surface area contributed by atoms with Crippen LogP contribution in [-0.4, -0.2) is 46.0 Å². The number of carboxylic acid groups (broad SMARTS) is 1. The quantitative estimate of drug-likeness (QED) is 0.214. The topological polar surface area (TPSA) is 175 Å². The number of fused-ring (bicyclic) bond motifs is 1. The van der Waals surface area contributed by atoms with Crippen molar-refractivity contribution >= 4 is 40.3 Å². The predicted octanol–water partition coefficient (Wildman–Crippen LogP) is 2.87. The second-order valence-electron chi connectivity index (χ2n) is 10.0. The molecule has 3 rings (SSSR count). The summed E-state index contributed by atoms with van der Waals surface area (Å²) >= 11 is 0. The zero-order valence-electron chi connectivity index (χ0n) is 22.5. The van der Waals surface area contributed by atoms with Gasteiger partial charge in [0.25, 0.3) is 0 Å². The van der Waals surface area contributed by atoms with Crippen molar-refractivity contribution in [2.24, 2.45) is 5.92 Å². The van der Waals surface area contributed by atoms with Gasteiger partial charge in [0.15, 0.2) is 0 Å². The molecule has 1 heterocycles. The first kappa shape index (κ1) is 29.9. The van der Waals surface area contributed by atoms with Crippen molar-refractivity contribution < 1.29 is 33.8 Å². The standard InChI is InChI=1S/C29H33N3O8/c1-16(2)12-22(31-25(34)10-11-26(35)36)29(39)32-23(14-18-4-7-20(33)8-5-18)28(38)30-19-6-9-21-17(3)13-27(37)40-24(21)15-19/h4-9,13,15-16,22-23,33H,10-12,14H2,1-3H3,(H,30,38)(H,31,34)(H,32,39)(H,35,36). The molecule has 0 saturated heterocycles. The molecule has 0 radical (unpaired) electrons. The van der Waals surface area contributed by atoms with Crippen LogP contribution >= 0.6 is 0 Å². The molecule has 212 valence electrons. The number of aliphatic carboxylic acids is 1. The van der Waals surface area contributed by atoms with Gasteiger partial charge < -0.3 is 30.6 Å². The smallest absolute Gasteiger partial charge is 0.336 e. The Balaban J connectivity index is 1.84. The summed E-state index contributed by atoms with van der Waals surface area (Å²) in [7, 11) is 0. The van der Waals surface area contributed by atoms with E-state index in [9.17, 15) is 29.1 Å². The van der Waals surface area contributed by atoms with Gasteiger partial charge in [-0.15, -0.1) is 0 Å². The summed E-state index contributed by atoms with van der Waals surface area (Å²) < 4.78 is 5.26. The Morgan fingerprint density at radius 1 is 0.900 bits per heavy atom. The highest BCUT2D eigenvalue weighted by atomic mass is 16.4. The number of aryl methyl sites for hydroxylation is 1. The highest BCUT2D eigenvalue weighted by Crippen LogP contribution is 2.21. The fourth-order valence-corrected chi connectivity index (χ4v) is 4.17. The molecule has 5 N–H and O–H groups in total. The minimum absolute atomic E-state index is 0.00983. The number of carboxylic acids is 1. The van der Waals surface area contributed by atoms with Crippen LogP contribution in [0.5, 0.6) is 5.75 Å². The third-order valence-corrected chi connectivity index (χ3v) is 6.15. The first-order chi connectivity index (χ1) is 18.9. The van der Waals surface area contributed by atoms with Crippen molar-refractivity contribution in [1.82, 2.24) is 10.6 Å². The van der Waals surface area contributed by atoms with E-state index < -0.39 is 41.4 Å². The fourth-order valence-electron chi connectivity index (χ4n) is 4.17. The predicted molar refractivity (Wildman–Crippen MR) is 148 cm³/mol. The first-order valence-corrected chi connectivity index (χ1v) is 12.9. The summed E-state index contributed by atoms with van der Waals surface area (Å²) in [5.41, 5.74) is 1.50. The number of aromatic hydroxyl groups is 1. The van der Waals surface area contributed by atoms with Crippen LogP contribution in [0.1, 0.15) is 44.2 Å². The number of carbonyl (C=O) groups is 4. The molecule has 40 heavy (non-hydrogen) atoms. The molecule has 3 aromatic rings. The van der Waals surface area contributed by atoms with E-state index in [1.807, 2.05) is 13.8 Å². The van der Waals surface area contributed by atoms with Gasteiger partial charge in [-0.25, -0.2) is 4.79 Å². The van der Waals surface area contributed by atoms with Gasteiger partial charge in [0.2, 0.25) is 17.7 Å². The summed E-state index contributed by atoms with van der Waals surface area (Å²) in [6, 6.07) is 10.3. The minimum atomic E-state index is -1.13. The van der Waals surface area contributed by atoms with Gasteiger partial charge in [-0.1, -0.05) is 26.0 Å². The fraction of sp³-hybridized carbons (Fsp3) is 0.345. The highest BCUT2D eigenvalue weighted by molar-refractivity contribution is 5.99. The molecule has 3 amide bonds. The normalized spacial score (nSPS) is 12.5. The number of carbonyl (C=O) groups excluding carboxylic acids is 3. The maximum Gasteiger partial charge on any atom is 0.336 e. The lowest BCUT2D eigenvalue weighted by atomic mass is 10.0. The third kappa shape index (κ3) is 8.69. The Bertz CT molecular complexity index is 1450. The molecule has 0 bridgehead atoms.